The molecule has 98 valence electrons. The molecule has 0 aromatic heterocycles. The lowest BCUT2D eigenvalue weighted by Gasteiger charge is -1.92. The Balaban J connectivity index is 3.54. The summed E-state index contributed by atoms with van der Waals surface area (Å²) in [7, 11) is 0. The van der Waals surface area contributed by atoms with Gasteiger partial charge in [-0.3, -0.25) is 0 Å². The zero-order valence-electron chi connectivity index (χ0n) is 11.4. The predicted molar refractivity (Wildman–Crippen MR) is 78.9 cm³/mol. The van der Waals surface area contributed by atoms with Crippen molar-refractivity contribution in [3.63, 3.8) is 0 Å². The molecule has 0 saturated heterocycles. The second-order valence-electron chi connectivity index (χ2n) is 4.03. The third-order valence-electron chi connectivity index (χ3n) is 2.33. The van der Waals surface area contributed by atoms with E-state index in [-0.39, 0.29) is 6.61 Å². The Morgan fingerprint density at radius 2 is 1.89 bits per heavy atom. The zero-order valence-corrected chi connectivity index (χ0v) is 11.4. The summed E-state index contributed by atoms with van der Waals surface area (Å²) < 4.78 is 0. The summed E-state index contributed by atoms with van der Waals surface area (Å²) in [5.41, 5.74) is 0. The van der Waals surface area contributed by atoms with Crippen molar-refractivity contribution in [1.29, 1.82) is 0 Å². The van der Waals surface area contributed by atoms with Gasteiger partial charge in [0.25, 0.3) is 0 Å². The minimum Gasteiger partial charge on any atom is -0.396 e. The standard InChI is InChI=1S/C17H24O/c1-2-3-4-5-6-7-8-9-10-11-12-13-14-15-16-17-18/h7-10,18H,2-6,15-17H2,1H3/b8-7+,10-9+. The van der Waals surface area contributed by atoms with E-state index in [9.17, 15) is 0 Å². The molecule has 0 aliphatic rings. The lowest BCUT2D eigenvalue weighted by Crippen LogP contribution is -1.77. The van der Waals surface area contributed by atoms with Crippen LogP contribution in [-0.2, 0) is 0 Å². The molecule has 0 aromatic carbocycles. The molecule has 0 aliphatic carbocycles. The molecule has 0 saturated carbocycles. The summed E-state index contributed by atoms with van der Waals surface area (Å²) in [4.78, 5) is 0. The van der Waals surface area contributed by atoms with E-state index >= 15 is 0 Å². The van der Waals surface area contributed by atoms with Gasteiger partial charge in [0.2, 0.25) is 0 Å². The first-order chi connectivity index (χ1) is 8.91. The largest absolute Gasteiger partial charge is 0.396 e. The van der Waals surface area contributed by atoms with Gasteiger partial charge in [-0.2, -0.15) is 0 Å². The molecule has 0 bridgehead atoms. The lowest BCUT2D eigenvalue weighted by molar-refractivity contribution is 0.290. The van der Waals surface area contributed by atoms with Crippen molar-refractivity contribution in [3.8, 4) is 23.7 Å². The molecule has 0 amide bonds. The third-order valence-corrected chi connectivity index (χ3v) is 2.33. The molecule has 0 aromatic rings. The number of hydrogen-bond acceptors (Lipinski definition) is 1. The van der Waals surface area contributed by atoms with Crippen molar-refractivity contribution in [2.24, 2.45) is 0 Å². The van der Waals surface area contributed by atoms with Gasteiger partial charge in [0.05, 0.1) is 0 Å². The highest BCUT2D eigenvalue weighted by molar-refractivity contribution is 5.31. The van der Waals surface area contributed by atoms with Crippen molar-refractivity contribution in [2.45, 2.75) is 51.9 Å². The number of aliphatic hydroxyl groups excluding tert-OH is 1. The second kappa shape index (κ2) is 15.6. The van der Waals surface area contributed by atoms with Crippen LogP contribution in [-0.4, -0.2) is 11.7 Å². The third kappa shape index (κ3) is 14.6. The van der Waals surface area contributed by atoms with Crippen molar-refractivity contribution in [3.05, 3.63) is 24.3 Å². The van der Waals surface area contributed by atoms with Crippen molar-refractivity contribution >= 4 is 0 Å². The van der Waals surface area contributed by atoms with Gasteiger partial charge in [0.1, 0.15) is 0 Å². The molecular formula is C17H24O. The van der Waals surface area contributed by atoms with Crippen molar-refractivity contribution in [2.75, 3.05) is 6.61 Å². The maximum atomic E-state index is 8.53. The Hall–Kier alpha value is -1.44. The fraction of sp³-hybridized carbons (Fsp3) is 0.529. The smallest absolute Gasteiger partial charge is 0.0440 e. The number of hydrogen-bond donors (Lipinski definition) is 1. The fourth-order valence-electron chi connectivity index (χ4n) is 1.32. The zero-order chi connectivity index (χ0) is 13.3. The minimum absolute atomic E-state index is 0.199. The van der Waals surface area contributed by atoms with Crippen LogP contribution >= 0.6 is 0 Å². The van der Waals surface area contributed by atoms with Crippen LogP contribution in [0.2, 0.25) is 0 Å². The molecule has 0 spiro atoms. The molecule has 0 fully saturated rings. The molecule has 0 rings (SSSR count). The molecular weight excluding hydrogens is 220 g/mol. The molecule has 0 radical (unpaired) electrons. The van der Waals surface area contributed by atoms with E-state index < -0.39 is 0 Å². The first-order valence-electron chi connectivity index (χ1n) is 6.82. The van der Waals surface area contributed by atoms with Gasteiger partial charge >= 0.3 is 0 Å². The van der Waals surface area contributed by atoms with E-state index in [1.165, 1.54) is 25.7 Å². The Morgan fingerprint density at radius 1 is 1.00 bits per heavy atom. The molecule has 0 atom stereocenters. The molecule has 0 unspecified atom stereocenters. The molecule has 1 heteroatoms. The van der Waals surface area contributed by atoms with E-state index in [0.717, 1.165) is 12.8 Å². The van der Waals surface area contributed by atoms with Crippen LogP contribution in [0.5, 0.6) is 0 Å². The van der Waals surface area contributed by atoms with Crippen LogP contribution in [0.15, 0.2) is 24.3 Å². The van der Waals surface area contributed by atoms with Crippen molar-refractivity contribution < 1.29 is 5.11 Å². The van der Waals surface area contributed by atoms with E-state index in [1.54, 1.807) is 0 Å². The van der Waals surface area contributed by atoms with Gasteiger partial charge in [-0.25, -0.2) is 0 Å². The average molecular weight is 244 g/mol. The van der Waals surface area contributed by atoms with Crippen LogP contribution < -0.4 is 0 Å². The summed E-state index contributed by atoms with van der Waals surface area (Å²) >= 11 is 0. The Kier molecular flexibility index (Phi) is 14.3. The first-order valence-corrected chi connectivity index (χ1v) is 6.82. The van der Waals surface area contributed by atoms with Crippen LogP contribution in [0.3, 0.4) is 0 Å². The summed E-state index contributed by atoms with van der Waals surface area (Å²) in [6.45, 7) is 2.43. The molecule has 18 heavy (non-hydrogen) atoms. The van der Waals surface area contributed by atoms with Gasteiger partial charge in [-0.05, 0) is 37.2 Å². The number of allylic oxidation sites excluding steroid dienone is 4. The number of aliphatic hydroxyl groups is 1. The van der Waals surface area contributed by atoms with Crippen LogP contribution in [0, 0.1) is 23.7 Å². The molecule has 1 nitrogen and oxygen atoms in total. The quantitative estimate of drug-likeness (QED) is 0.390. The van der Waals surface area contributed by atoms with Crippen LogP contribution in [0.4, 0.5) is 0 Å². The summed E-state index contributed by atoms with van der Waals surface area (Å²) in [5.74, 6) is 11.2. The van der Waals surface area contributed by atoms with Gasteiger partial charge in [0.15, 0.2) is 0 Å². The summed E-state index contributed by atoms with van der Waals surface area (Å²) in [5, 5.41) is 8.53. The minimum atomic E-state index is 0.199. The monoisotopic (exact) mass is 244 g/mol. The van der Waals surface area contributed by atoms with Crippen LogP contribution in [0.1, 0.15) is 51.9 Å². The van der Waals surface area contributed by atoms with Crippen LogP contribution in [0.25, 0.3) is 0 Å². The van der Waals surface area contributed by atoms with Crippen molar-refractivity contribution in [1.82, 2.24) is 0 Å². The molecule has 0 aliphatic heterocycles. The topological polar surface area (TPSA) is 20.2 Å². The highest BCUT2D eigenvalue weighted by Crippen LogP contribution is 2.02. The first kappa shape index (κ1) is 16.6. The van der Waals surface area contributed by atoms with E-state index in [4.69, 9.17) is 5.11 Å². The van der Waals surface area contributed by atoms with Gasteiger partial charge in [-0.15, -0.1) is 0 Å². The van der Waals surface area contributed by atoms with E-state index in [1.807, 2.05) is 18.2 Å². The second-order valence-corrected chi connectivity index (χ2v) is 4.03. The normalized spacial score (nSPS) is 10.1. The number of rotatable bonds is 8. The SMILES string of the molecule is CCCCCC/C=C/C=C/C#CC#CCCCO. The molecule has 0 heterocycles. The Bertz CT molecular complexity index is 341. The Morgan fingerprint density at radius 3 is 2.67 bits per heavy atom. The Labute approximate surface area is 112 Å². The summed E-state index contributed by atoms with van der Waals surface area (Å²) in [6.07, 6.45) is 15.8. The van der Waals surface area contributed by atoms with Gasteiger partial charge < -0.3 is 5.11 Å². The van der Waals surface area contributed by atoms with Gasteiger partial charge in [0, 0.05) is 13.0 Å². The van der Waals surface area contributed by atoms with E-state index in [2.05, 4.69) is 36.7 Å². The lowest BCUT2D eigenvalue weighted by atomic mass is 10.1. The highest BCUT2D eigenvalue weighted by atomic mass is 16.2. The highest BCUT2D eigenvalue weighted by Gasteiger charge is 1.82. The predicted octanol–water partition coefficient (Wildman–Crippen LogP) is 3.85. The average Bonchev–Trinajstić information content (AvgIpc) is 2.39. The van der Waals surface area contributed by atoms with E-state index in [0.29, 0.717) is 6.42 Å². The maximum absolute atomic E-state index is 8.53. The van der Waals surface area contributed by atoms with Gasteiger partial charge in [-0.1, -0.05) is 56.3 Å². The summed E-state index contributed by atoms with van der Waals surface area (Å²) in [6, 6.07) is 0. The fourth-order valence-corrected chi connectivity index (χ4v) is 1.32. The maximum Gasteiger partial charge on any atom is 0.0440 e. The number of unbranched alkanes of at least 4 members (excludes halogenated alkanes) is 5. The molecule has 1 N–H and O–H groups in total.